The minimum absolute atomic E-state index is 0.305. The van der Waals surface area contributed by atoms with Crippen LogP contribution in [0.4, 0.5) is 14.5 Å². The second-order valence-electron chi connectivity index (χ2n) is 4.19. The Kier molecular flexibility index (Phi) is 4.74. The van der Waals surface area contributed by atoms with E-state index in [1.807, 2.05) is 24.5 Å². The summed E-state index contributed by atoms with van der Waals surface area (Å²) in [6.07, 6.45) is 1.98. The first-order chi connectivity index (χ1) is 9.61. The molecule has 0 radical (unpaired) electrons. The standard InChI is InChI=1S/C15H13F2NOS/c1-20-9-10-4-2-5-11(8-10)18-15(19)12-6-3-7-13(16)14(12)17/h2-8H,9H2,1H3,(H,18,19). The van der Waals surface area contributed by atoms with E-state index in [1.54, 1.807) is 17.8 Å². The molecule has 2 aromatic rings. The lowest BCUT2D eigenvalue weighted by Gasteiger charge is -2.08. The Bertz CT molecular complexity index is 631. The third-order valence-corrected chi connectivity index (χ3v) is 3.31. The van der Waals surface area contributed by atoms with Gasteiger partial charge in [0.05, 0.1) is 5.56 Å². The molecular formula is C15H13F2NOS. The molecule has 0 bridgehead atoms. The van der Waals surface area contributed by atoms with E-state index in [9.17, 15) is 13.6 Å². The van der Waals surface area contributed by atoms with Crippen molar-refractivity contribution in [1.82, 2.24) is 0 Å². The number of amides is 1. The van der Waals surface area contributed by atoms with Crippen molar-refractivity contribution in [3.63, 3.8) is 0 Å². The number of hydrogen-bond donors (Lipinski definition) is 1. The van der Waals surface area contributed by atoms with Gasteiger partial charge in [-0.05, 0) is 36.1 Å². The molecule has 2 aromatic carbocycles. The lowest BCUT2D eigenvalue weighted by Crippen LogP contribution is -2.14. The summed E-state index contributed by atoms with van der Waals surface area (Å²) in [6, 6.07) is 10.8. The Morgan fingerprint density at radius 3 is 2.70 bits per heavy atom. The first-order valence-electron chi connectivity index (χ1n) is 5.95. The number of rotatable bonds is 4. The highest BCUT2D eigenvalue weighted by Crippen LogP contribution is 2.17. The van der Waals surface area contributed by atoms with E-state index in [4.69, 9.17) is 0 Å². The number of halogens is 2. The van der Waals surface area contributed by atoms with Gasteiger partial charge < -0.3 is 5.32 Å². The van der Waals surface area contributed by atoms with E-state index in [1.165, 1.54) is 12.1 Å². The van der Waals surface area contributed by atoms with Crippen LogP contribution in [-0.4, -0.2) is 12.2 Å². The quantitative estimate of drug-likeness (QED) is 0.920. The molecule has 0 heterocycles. The Labute approximate surface area is 120 Å². The van der Waals surface area contributed by atoms with Crippen LogP contribution in [0.5, 0.6) is 0 Å². The molecule has 0 aromatic heterocycles. The summed E-state index contributed by atoms with van der Waals surface area (Å²) in [5.41, 5.74) is 1.31. The number of nitrogens with one attached hydrogen (secondary N) is 1. The third kappa shape index (κ3) is 3.36. The Morgan fingerprint density at radius 1 is 1.20 bits per heavy atom. The van der Waals surface area contributed by atoms with Crippen LogP contribution in [0.15, 0.2) is 42.5 Å². The van der Waals surface area contributed by atoms with Gasteiger partial charge in [0, 0.05) is 11.4 Å². The zero-order chi connectivity index (χ0) is 14.5. The normalized spacial score (nSPS) is 10.3. The molecule has 0 saturated heterocycles. The summed E-state index contributed by atoms with van der Waals surface area (Å²) in [5.74, 6) is -2.01. The van der Waals surface area contributed by atoms with Gasteiger partial charge >= 0.3 is 0 Å². The van der Waals surface area contributed by atoms with E-state index in [0.29, 0.717) is 5.69 Å². The highest BCUT2D eigenvalue weighted by molar-refractivity contribution is 7.97. The summed E-state index contributed by atoms with van der Waals surface area (Å²) < 4.78 is 26.6. The summed E-state index contributed by atoms with van der Waals surface area (Å²) in [7, 11) is 0. The van der Waals surface area contributed by atoms with Crippen LogP contribution in [0.2, 0.25) is 0 Å². The Morgan fingerprint density at radius 2 is 1.95 bits per heavy atom. The SMILES string of the molecule is CSCc1cccc(NC(=O)c2cccc(F)c2F)c1. The maximum Gasteiger partial charge on any atom is 0.258 e. The van der Waals surface area contributed by atoms with E-state index < -0.39 is 17.5 Å². The van der Waals surface area contributed by atoms with Crippen LogP contribution >= 0.6 is 11.8 Å². The summed E-state index contributed by atoms with van der Waals surface area (Å²) in [5, 5.41) is 2.57. The van der Waals surface area contributed by atoms with Gasteiger partial charge in [0.2, 0.25) is 0 Å². The zero-order valence-electron chi connectivity index (χ0n) is 10.8. The maximum atomic E-state index is 13.5. The highest BCUT2D eigenvalue weighted by Gasteiger charge is 2.15. The van der Waals surface area contributed by atoms with Crippen LogP contribution in [0, 0.1) is 11.6 Å². The second kappa shape index (κ2) is 6.52. The zero-order valence-corrected chi connectivity index (χ0v) is 11.6. The molecule has 0 aliphatic carbocycles. The van der Waals surface area contributed by atoms with Crippen molar-refractivity contribution in [1.29, 1.82) is 0 Å². The molecule has 1 N–H and O–H groups in total. The van der Waals surface area contributed by atoms with Crippen molar-refractivity contribution in [2.24, 2.45) is 0 Å². The summed E-state index contributed by atoms with van der Waals surface area (Å²) in [4.78, 5) is 11.9. The van der Waals surface area contributed by atoms with Gasteiger partial charge in [0.1, 0.15) is 0 Å². The minimum Gasteiger partial charge on any atom is -0.322 e. The number of carbonyl (C=O) groups excluding carboxylic acids is 1. The average Bonchev–Trinajstić information content (AvgIpc) is 2.42. The van der Waals surface area contributed by atoms with Crippen molar-refractivity contribution in [3.05, 3.63) is 65.2 Å². The van der Waals surface area contributed by atoms with Gasteiger partial charge in [-0.1, -0.05) is 18.2 Å². The van der Waals surface area contributed by atoms with Crippen LogP contribution in [0.25, 0.3) is 0 Å². The van der Waals surface area contributed by atoms with Crippen molar-refractivity contribution >= 4 is 23.4 Å². The van der Waals surface area contributed by atoms with Crippen LogP contribution < -0.4 is 5.32 Å². The Hall–Kier alpha value is -1.88. The van der Waals surface area contributed by atoms with Crippen LogP contribution in [-0.2, 0) is 5.75 Å². The van der Waals surface area contributed by atoms with Gasteiger partial charge in [0.15, 0.2) is 11.6 Å². The number of hydrogen-bond acceptors (Lipinski definition) is 2. The van der Waals surface area contributed by atoms with Crippen molar-refractivity contribution in [2.75, 3.05) is 11.6 Å². The van der Waals surface area contributed by atoms with Gasteiger partial charge in [-0.3, -0.25) is 4.79 Å². The van der Waals surface area contributed by atoms with Gasteiger partial charge in [-0.2, -0.15) is 11.8 Å². The van der Waals surface area contributed by atoms with Gasteiger partial charge in [-0.15, -0.1) is 0 Å². The fraction of sp³-hybridized carbons (Fsp3) is 0.133. The predicted octanol–water partition coefficient (Wildman–Crippen LogP) is 4.08. The number of carbonyl (C=O) groups is 1. The van der Waals surface area contributed by atoms with Gasteiger partial charge in [-0.25, -0.2) is 8.78 Å². The predicted molar refractivity (Wildman–Crippen MR) is 78.0 cm³/mol. The summed E-state index contributed by atoms with van der Waals surface area (Å²) in [6.45, 7) is 0. The van der Waals surface area contributed by atoms with Crippen LogP contribution in [0.1, 0.15) is 15.9 Å². The molecule has 20 heavy (non-hydrogen) atoms. The fourth-order valence-electron chi connectivity index (χ4n) is 1.78. The molecular weight excluding hydrogens is 280 g/mol. The molecule has 0 saturated carbocycles. The Balaban J connectivity index is 2.19. The monoisotopic (exact) mass is 293 g/mol. The maximum absolute atomic E-state index is 13.5. The molecule has 5 heteroatoms. The van der Waals surface area contributed by atoms with Crippen molar-refractivity contribution in [2.45, 2.75) is 5.75 Å². The lowest BCUT2D eigenvalue weighted by molar-refractivity contribution is 0.102. The highest BCUT2D eigenvalue weighted by atomic mass is 32.2. The first kappa shape index (κ1) is 14.5. The molecule has 104 valence electrons. The van der Waals surface area contributed by atoms with Crippen molar-refractivity contribution < 1.29 is 13.6 Å². The first-order valence-corrected chi connectivity index (χ1v) is 7.34. The average molecular weight is 293 g/mol. The molecule has 0 spiro atoms. The second-order valence-corrected chi connectivity index (χ2v) is 5.05. The van der Waals surface area contributed by atoms with E-state index in [-0.39, 0.29) is 5.56 Å². The van der Waals surface area contributed by atoms with E-state index in [2.05, 4.69) is 5.32 Å². The van der Waals surface area contributed by atoms with Crippen LogP contribution in [0.3, 0.4) is 0 Å². The molecule has 0 aliphatic heterocycles. The topological polar surface area (TPSA) is 29.1 Å². The molecule has 2 rings (SSSR count). The minimum atomic E-state index is -1.13. The lowest BCUT2D eigenvalue weighted by atomic mass is 10.1. The van der Waals surface area contributed by atoms with E-state index in [0.717, 1.165) is 17.4 Å². The third-order valence-electron chi connectivity index (χ3n) is 2.69. The molecule has 0 atom stereocenters. The number of benzene rings is 2. The summed E-state index contributed by atoms with van der Waals surface area (Å²) >= 11 is 1.66. The van der Waals surface area contributed by atoms with E-state index >= 15 is 0 Å². The molecule has 0 fully saturated rings. The smallest absolute Gasteiger partial charge is 0.258 e. The fourth-order valence-corrected chi connectivity index (χ4v) is 2.30. The molecule has 2 nitrogen and oxygen atoms in total. The number of anilines is 1. The molecule has 0 unspecified atom stereocenters. The van der Waals surface area contributed by atoms with Crippen molar-refractivity contribution in [3.8, 4) is 0 Å². The molecule has 1 amide bonds. The number of thioether (sulfide) groups is 1. The molecule has 0 aliphatic rings. The van der Waals surface area contributed by atoms with Gasteiger partial charge in [0.25, 0.3) is 5.91 Å². The largest absolute Gasteiger partial charge is 0.322 e.